The third kappa shape index (κ3) is 4.10. The van der Waals surface area contributed by atoms with E-state index in [2.05, 4.69) is 30.9 Å². The molecule has 0 aliphatic heterocycles. The summed E-state index contributed by atoms with van der Waals surface area (Å²) < 4.78 is 13.2. The number of benzene rings is 1. The van der Waals surface area contributed by atoms with Crippen molar-refractivity contribution in [1.29, 1.82) is 0 Å². The molecule has 0 saturated heterocycles. The lowest BCUT2D eigenvalue weighted by Crippen LogP contribution is -2.27. The van der Waals surface area contributed by atoms with E-state index in [9.17, 15) is 4.79 Å². The zero-order chi connectivity index (χ0) is 18.9. The highest BCUT2D eigenvalue weighted by Crippen LogP contribution is 2.24. The molecule has 0 fully saturated rings. The summed E-state index contributed by atoms with van der Waals surface area (Å²) in [5.41, 5.74) is 6.63. The van der Waals surface area contributed by atoms with Crippen LogP contribution in [-0.2, 0) is 11.3 Å². The van der Waals surface area contributed by atoms with Gasteiger partial charge in [0.1, 0.15) is 18.5 Å². The van der Waals surface area contributed by atoms with Crippen LogP contribution < -0.4 is 10.5 Å². The molecule has 136 valence electrons. The first-order valence-corrected chi connectivity index (χ1v) is 8.63. The van der Waals surface area contributed by atoms with E-state index in [1.807, 2.05) is 24.3 Å². The lowest BCUT2D eigenvalue weighted by atomic mass is 10.2. The average Bonchev–Trinajstić information content (AvgIpc) is 2.95. The first-order valence-electron chi connectivity index (χ1n) is 7.84. The molecular formula is C17H18BrN5O3. The first-order chi connectivity index (χ1) is 12.2. The number of rotatable bonds is 3. The normalized spacial score (nSPS) is 11.5. The largest absolute Gasteiger partial charge is 0.471 e. The van der Waals surface area contributed by atoms with Crippen LogP contribution >= 0.6 is 15.9 Å². The quantitative estimate of drug-likeness (QED) is 0.691. The second kappa shape index (κ2) is 6.91. The minimum Gasteiger partial charge on any atom is -0.471 e. The van der Waals surface area contributed by atoms with Crippen molar-refractivity contribution in [3.8, 4) is 5.88 Å². The molecule has 0 radical (unpaired) electrons. The molecule has 0 bridgehead atoms. The molecule has 3 rings (SSSR count). The highest BCUT2D eigenvalue weighted by molar-refractivity contribution is 9.10. The van der Waals surface area contributed by atoms with E-state index >= 15 is 0 Å². The number of hydrogen-bond acceptors (Lipinski definition) is 7. The van der Waals surface area contributed by atoms with Gasteiger partial charge < -0.3 is 15.2 Å². The summed E-state index contributed by atoms with van der Waals surface area (Å²) in [6.45, 7) is 5.60. The van der Waals surface area contributed by atoms with Crippen molar-refractivity contribution in [2.45, 2.75) is 33.0 Å². The Hall–Kier alpha value is -2.68. The Kier molecular flexibility index (Phi) is 4.82. The zero-order valence-corrected chi connectivity index (χ0v) is 16.1. The number of hydrogen-bond donors (Lipinski definition) is 1. The van der Waals surface area contributed by atoms with Crippen LogP contribution in [0.15, 0.2) is 35.1 Å². The summed E-state index contributed by atoms with van der Waals surface area (Å²) >= 11 is 3.41. The molecule has 9 heteroatoms. The van der Waals surface area contributed by atoms with E-state index in [0.29, 0.717) is 5.52 Å². The molecule has 2 heterocycles. The fourth-order valence-electron chi connectivity index (χ4n) is 2.21. The van der Waals surface area contributed by atoms with Crippen LogP contribution in [-0.4, -0.2) is 31.2 Å². The highest BCUT2D eigenvalue weighted by Gasteiger charge is 2.22. The topological polar surface area (TPSA) is 105 Å². The van der Waals surface area contributed by atoms with Gasteiger partial charge in [0.15, 0.2) is 11.2 Å². The molecule has 0 unspecified atom stereocenters. The Balaban J connectivity index is 1.91. The monoisotopic (exact) mass is 419 g/mol. The SMILES string of the molecule is CC(C)(C)OC(=O)n1cnc2c(OCc3cccc(Br)c3)nc(N)nc21. The van der Waals surface area contributed by atoms with Crippen LogP contribution in [0.25, 0.3) is 11.2 Å². The predicted molar refractivity (Wildman–Crippen MR) is 99.8 cm³/mol. The summed E-state index contributed by atoms with van der Waals surface area (Å²) in [6, 6.07) is 7.68. The molecule has 0 atom stereocenters. The van der Waals surface area contributed by atoms with Crippen molar-refractivity contribution >= 4 is 39.1 Å². The fourth-order valence-corrected chi connectivity index (χ4v) is 2.66. The van der Waals surface area contributed by atoms with Crippen LogP contribution in [0.4, 0.5) is 10.7 Å². The smallest absolute Gasteiger partial charge is 0.421 e. The number of nitrogens with zero attached hydrogens (tertiary/aromatic N) is 4. The number of ether oxygens (including phenoxy) is 2. The van der Waals surface area contributed by atoms with Crippen LogP contribution in [0.5, 0.6) is 5.88 Å². The standard InChI is InChI=1S/C17H18BrN5O3/c1-17(2,3)26-16(24)23-9-20-12-13(23)21-15(19)22-14(12)25-8-10-5-4-6-11(18)7-10/h4-7,9H,8H2,1-3H3,(H2,19,21,22). The third-order valence-electron chi connectivity index (χ3n) is 3.24. The molecular weight excluding hydrogens is 402 g/mol. The van der Waals surface area contributed by atoms with E-state index in [1.165, 1.54) is 10.9 Å². The zero-order valence-electron chi connectivity index (χ0n) is 14.6. The molecule has 0 spiro atoms. The number of aromatic nitrogens is 4. The van der Waals surface area contributed by atoms with Gasteiger partial charge in [0, 0.05) is 4.47 Å². The van der Waals surface area contributed by atoms with Gasteiger partial charge in [0.25, 0.3) is 0 Å². The van der Waals surface area contributed by atoms with Crippen LogP contribution in [0.1, 0.15) is 26.3 Å². The van der Waals surface area contributed by atoms with E-state index in [1.54, 1.807) is 20.8 Å². The minimum absolute atomic E-state index is 0.0212. The second-order valence-corrected chi connectivity index (χ2v) is 7.49. The van der Waals surface area contributed by atoms with E-state index in [-0.39, 0.29) is 24.1 Å². The molecule has 0 aliphatic carbocycles. The summed E-state index contributed by atoms with van der Waals surface area (Å²) in [6.07, 6.45) is 0.717. The third-order valence-corrected chi connectivity index (χ3v) is 3.73. The average molecular weight is 420 g/mol. The number of halogens is 1. The number of imidazole rings is 1. The molecule has 3 aromatic rings. The molecule has 1 aromatic carbocycles. The number of nitrogens with two attached hydrogens (primary N) is 1. The van der Waals surface area contributed by atoms with Gasteiger partial charge >= 0.3 is 6.09 Å². The first kappa shape index (κ1) is 18.1. The lowest BCUT2D eigenvalue weighted by molar-refractivity contribution is 0.0543. The van der Waals surface area contributed by atoms with E-state index < -0.39 is 11.7 Å². The van der Waals surface area contributed by atoms with Crippen molar-refractivity contribution in [1.82, 2.24) is 19.5 Å². The molecule has 26 heavy (non-hydrogen) atoms. The van der Waals surface area contributed by atoms with Crippen LogP contribution in [0.2, 0.25) is 0 Å². The van der Waals surface area contributed by atoms with Crippen LogP contribution in [0, 0.1) is 0 Å². The lowest BCUT2D eigenvalue weighted by Gasteiger charge is -2.19. The number of carbonyl (C=O) groups excluding carboxylic acids is 1. The molecule has 0 saturated carbocycles. The van der Waals surface area contributed by atoms with Gasteiger partial charge in [-0.15, -0.1) is 0 Å². The Morgan fingerprint density at radius 3 is 2.77 bits per heavy atom. The molecule has 2 aromatic heterocycles. The summed E-state index contributed by atoms with van der Waals surface area (Å²) in [4.78, 5) is 24.7. The fraction of sp³-hybridized carbons (Fsp3) is 0.294. The number of anilines is 1. The summed E-state index contributed by atoms with van der Waals surface area (Å²) in [5, 5.41) is 0. The van der Waals surface area contributed by atoms with Gasteiger partial charge in [-0.05, 0) is 38.5 Å². The Bertz CT molecular complexity index is 965. The van der Waals surface area contributed by atoms with Gasteiger partial charge in [0.2, 0.25) is 11.8 Å². The van der Waals surface area contributed by atoms with Crippen molar-refractivity contribution < 1.29 is 14.3 Å². The van der Waals surface area contributed by atoms with Crippen molar-refractivity contribution in [3.05, 3.63) is 40.6 Å². The molecule has 2 N–H and O–H groups in total. The number of carbonyl (C=O) groups is 1. The highest BCUT2D eigenvalue weighted by atomic mass is 79.9. The van der Waals surface area contributed by atoms with Gasteiger partial charge in [-0.25, -0.2) is 14.3 Å². The van der Waals surface area contributed by atoms with Crippen molar-refractivity contribution in [2.24, 2.45) is 0 Å². The predicted octanol–water partition coefficient (Wildman–Crippen LogP) is 3.53. The van der Waals surface area contributed by atoms with Gasteiger partial charge in [-0.3, -0.25) is 0 Å². The summed E-state index contributed by atoms with van der Waals surface area (Å²) in [5.74, 6) is 0.182. The Morgan fingerprint density at radius 1 is 1.31 bits per heavy atom. The maximum atomic E-state index is 12.3. The Labute approximate surface area is 158 Å². The maximum absolute atomic E-state index is 12.3. The maximum Gasteiger partial charge on any atom is 0.421 e. The second-order valence-electron chi connectivity index (χ2n) is 6.57. The van der Waals surface area contributed by atoms with E-state index in [4.69, 9.17) is 15.2 Å². The minimum atomic E-state index is -0.647. The number of nitrogen functional groups attached to an aromatic ring is 1. The molecule has 0 aliphatic rings. The van der Waals surface area contributed by atoms with Gasteiger partial charge in [0.05, 0.1) is 0 Å². The Morgan fingerprint density at radius 2 is 2.08 bits per heavy atom. The van der Waals surface area contributed by atoms with Gasteiger partial charge in [-0.1, -0.05) is 28.1 Å². The number of fused-ring (bicyclic) bond motifs is 1. The van der Waals surface area contributed by atoms with Crippen molar-refractivity contribution in [3.63, 3.8) is 0 Å². The van der Waals surface area contributed by atoms with Gasteiger partial charge in [-0.2, -0.15) is 9.97 Å². The molecule has 0 amide bonds. The van der Waals surface area contributed by atoms with Crippen molar-refractivity contribution in [2.75, 3.05) is 5.73 Å². The molecule has 8 nitrogen and oxygen atoms in total. The van der Waals surface area contributed by atoms with E-state index in [0.717, 1.165) is 10.0 Å². The van der Waals surface area contributed by atoms with Crippen LogP contribution in [0.3, 0.4) is 0 Å². The summed E-state index contributed by atoms with van der Waals surface area (Å²) in [7, 11) is 0.